The van der Waals surface area contributed by atoms with Crippen LogP contribution in [-0.2, 0) is 11.3 Å². The second kappa shape index (κ2) is 10.2. The van der Waals surface area contributed by atoms with Gasteiger partial charge in [0.05, 0.1) is 16.6 Å². The number of ether oxygens (including phenoxy) is 1. The molecule has 1 heterocycles. The Morgan fingerprint density at radius 3 is 2.32 bits per heavy atom. The summed E-state index contributed by atoms with van der Waals surface area (Å²) in [6, 6.07) is 20.8. The van der Waals surface area contributed by atoms with Crippen molar-refractivity contribution < 1.29 is 9.53 Å². The van der Waals surface area contributed by atoms with E-state index in [-0.39, 0.29) is 5.97 Å². The number of aryl methyl sites for hydroxylation is 2. The van der Waals surface area contributed by atoms with Crippen molar-refractivity contribution in [3.05, 3.63) is 88.7 Å². The molecule has 0 N–H and O–H groups in total. The van der Waals surface area contributed by atoms with Crippen LogP contribution in [0.2, 0.25) is 0 Å². The van der Waals surface area contributed by atoms with Gasteiger partial charge in [0.2, 0.25) is 0 Å². The second-order valence-corrected chi connectivity index (χ2v) is 11.6. The maximum absolute atomic E-state index is 12.9. The number of aromatic nitrogens is 2. The van der Waals surface area contributed by atoms with Crippen LogP contribution >= 0.6 is 0 Å². The van der Waals surface area contributed by atoms with E-state index in [1.807, 2.05) is 45.0 Å². The molecular formula is C33H38N2O2. The average molecular weight is 495 g/mol. The van der Waals surface area contributed by atoms with Crippen LogP contribution < -0.4 is 0 Å². The van der Waals surface area contributed by atoms with E-state index in [2.05, 4.69) is 54.8 Å². The topological polar surface area (TPSA) is 44.1 Å². The molecule has 5 rings (SSSR count). The van der Waals surface area contributed by atoms with Gasteiger partial charge in [-0.05, 0) is 93.5 Å². The van der Waals surface area contributed by atoms with Crippen molar-refractivity contribution in [2.45, 2.75) is 84.8 Å². The van der Waals surface area contributed by atoms with Gasteiger partial charge in [-0.3, -0.25) is 0 Å². The van der Waals surface area contributed by atoms with Crippen LogP contribution in [0.4, 0.5) is 0 Å². The summed E-state index contributed by atoms with van der Waals surface area (Å²) in [6.45, 7) is 10.8. The molecule has 1 fully saturated rings. The van der Waals surface area contributed by atoms with Gasteiger partial charge < -0.3 is 9.30 Å². The molecule has 0 aliphatic heterocycles. The lowest BCUT2D eigenvalue weighted by atomic mass is 9.88. The Balaban J connectivity index is 1.47. The quantitative estimate of drug-likeness (QED) is 0.262. The Kier molecular flexibility index (Phi) is 6.94. The summed E-state index contributed by atoms with van der Waals surface area (Å²) < 4.78 is 8.11. The number of benzene rings is 3. The summed E-state index contributed by atoms with van der Waals surface area (Å²) in [7, 11) is 0. The summed E-state index contributed by atoms with van der Waals surface area (Å²) in [6.07, 6.45) is 6.36. The first-order valence-electron chi connectivity index (χ1n) is 13.6. The van der Waals surface area contributed by atoms with E-state index in [1.165, 1.54) is 60.1 Å². The third-order valence-electron chi connectivity index (χ3n) is 7.52. The van der Waals surface area contributed by atoms with E-state index in [0.717, 1.165) is 23.2 Å². The number of fused-ring (bicyclic) bond motifs is 1. The SMILES string of the molecule is Cc1cc2nc(C3CCCCC3)n(Cc3ccc(-c4ccccc4C(=O)OC(C)(C)C)cc3)c2cc1C. The molecule has 4 heteroatoms. The third-order valence-corrected chi connectivity index (χ3v) is 7.52. The van der Waals surface area contributed by atoms with Crippen LogP contribution in [0.5, 0.6) is 0 Å². The smallest absolute Gasteiger partial charge is 0.339 e. The number of esters is 1. The number of imidazole rings is 1. The summed E-state index contributed by atoms with van der Waals surface area (Å²) in [5.74, 6) is 1.47. The molecule has 37 heavy (non-hydrogen) atoms. The summed E-state index contributed by atoms with van der Waals surface area (Å²) >= 11 is 0. The fraction of sp³-hybridized carbons (Fsp3) is 0.394. The van der Waals surface area contributed by atoms with Crippen LogP contribution in [0.25, 0.3) is 22.2 Å². The van der Waals surface area contributed by atoms with Gasteiger partial charge in [-0.1, -0.05) is 61.7 Å². The zero-order valence-corrected chi connectivity index (χ0v) is 22.8. The maximum Gasteiger partial charge on any atom is 0.339 e. The number of hydrogen-bond donors (Lipinski definition) is 0. The lowest BCUT2D eigenvalue weighted by Gasteiger charge is -2.22. The summed E-state index contributed by atoms with van der Waals surface area (Å²) in [5, 5.41) is 0. The highest BCUT2D eigenvalue weighted by atomic mass is 16.6. The van der Waals surface area contributed by atoms with Gasteiger partial charge in [0.1, 0.15) is 11.4 Å². The molecular weight excluding hydrogens is 456 g/mol. The van der Waals surface area contributed by atoms with Crippen molar-refractivity contribution in [3.8, 4) is 11.1 Å². The normalized spacial score (nSPS) is 14.7. The lowest BCUT2D eigenvalue weighted by Crippen LogP contribution is -2.24. The van der Waals surface area contributed by atoms with Crippen molar-refractivity contribution >= 4 is 17.0 Å². The molecule has 3 aromatic carbocycles. The van der Waals surface area contributed by atoms with Crippen molar-refractivity contribution in [2.75, 3.05) is 0 Å². The molecule has 0 spiro atoms. The van der Waals surface area contributed by atoms with Crippen molar-refractivity contribution in [3.63, 3.8) is 0 Å². The van der Waals surface area contributed by atoms with Gasteiger partial charge in [-0.2, -0.15) is 0 Å². The second-order valence-electron chi connectivity index (χ2n) is 11.6. The number of carbonyl (C=O) groups excluding carboxylic acids is 1. The van der Waals surface area contributed by atoms with E-state index < -0.39 is 5.60 Å². The van der Waals surface area contributed by atoms with E-state index in [0.29, 0.717) is 11.5 Å². The lowest BCUT2D eigenvalue weighted by molar-refractivity contribution is 0.00704. The highest BCUT2D eigenvalue weighted by Crippen LogP contribution is 2.35. The fourth-order valence-electron chi connectivity index (χ4n) is 5.46. The minimum absolute atomic E-state index is 0.292. The van der Waals surface area contributed by atoms with Gasteiger partial charge in [0.25, 0.3) is 0 Å². The fourth-order valence-corrected chi connectivity index (χ4v) is 5.46. The van der Waals surface area contributed by atoms with E-state index in [4.69, 9.17) is 9.72 Å². The number of rotatable bonds is 5. The molecule has 0 atom stereocenters. The highest BCUT2D eigenvalue weighted by Gasteiger charge is 2.24. The minimum atomic E-state index is -0.533. The Morgan fingerprint density at radius 2 is 1.62 bits per heavy atom. The summed E-state index contributed by atoms with van der Waals surface area (Å²) in [5.41, 5.74) is 8.12. The van der Waals surface area contributed by atoms with Crippen molar-refractivity contribution in [1.29, 1.82) is 0 Å². The van der Waals surface area contributed by atoms with Crippen molar-refractivity contribution in [1.82, 2.24) is 9.55 Å². The van der Waals surface area contributed by atoms with Crippen LogP contribution in [0.1, 0.15) is 91.7 Å². The molecule has 192 valence electrons. The Morgan fingerprint density at radius 1 is 0.946 bits per heavy atom. The molecule has 0 saturated heterocycles. The van der Waals surface area contributed by atoms with Crippen LogP contribution in [0.15, 0.2) is 60.7 Å². The zero-order valence-electron chi connectivity index (χ0n) is 22.8. The molecule has 1 aliphatic carbocycles. The number of nitrogens with zero attached hydrogens (tertiary/aromatic N) is 2. The van der Waals surface area contributed by atoms with Gasteiger partial charge >= 0.3 is 5.97 Å². The van der Waals surface area contributed by atoms with E-state index in [9.17, 15) is 4.79 Å². The first kappa shape index (κ1) is 25.3. The molecule has 1 aliphatic rings. The van der Waals surface area contributed by atoms with E-state index >= 15 is 0 Å². The van der Waals surface area contributed by atoms with Crippen LogP contribution in [-0.4, -0.2) is 21.1 Å². The summed E-state index contributed by atoms with van der Waals surface area (Å²) in [4.78, 5) is 18.0. The molecule has 0 bridgehead atoms. The molecule has 0 radical (unpaired) electrons. The highest BCUT2D eigenvalue weighted by molar-refractivity contribution is 5.97. The number of carbonyl (C=O) groups is 1. The molecule has 0 amide bonds. The van der Waals surface area contributed by atoms with Gasteiger partial charge in [-0.15, -0.1) is 0 Å². The molecule has 1 aromatic heterocycles. The predicted octanol–water partition coefficient (Wildman–Crippen LogP) is 8.37. The Labute approximate surface area is 220 Å². The van der Waals surface area contributed by atoms with Crippen molar-refractivity contribution in [2.24, 2.45) is 0 Å². The van der Waals surface area contributed by atoms with Crippen LogP contribution in [0.3, 0.4) is 0 Å². The van der Waals surface area contributed by atoms with E-state index in [1.54, 1.807) is 0 Å². The molecule has 4 aromatic rings. The van der Waals surface area contributed by atoms with Gasteiger partial charge in [0.15, 0.2) is 0 Å². The van der Waals surface area contributed by atoms with Crippen LogP contribution in [0, 0.1) is 13.8 Å². The standard InChI is InChI=1S/C33H38N2O2/c1-22-19-29-30(20-23(22)2)35(31(34-29)26-11-7-6-8-12-26)21-24-15-17-25(18-16-24)27-13-9-10-14-28(27)32(36)37-33(3,4)5/h9-10,13-20,26H,6-8,11-12,21H2,1-5H3. The minimum Gasteiger partial charge on any atom is -0.456 e. The molecule has 1 saturated carbocycles. The third kappa shape index (κ3) is 5.49. The zero-order chi connectivity index (χ0) is 26.2. The Bertz CT molecular complexity index is 1420. The average Bonchev–Trinajstić information content (AvgIpc) is 3.21. The largest absolute Gasteiger partial charge is 0.456 e. The first-order chi connectivity index (χ1) is 17.7. The maximum atomic E-state index is 12.9. The Hall–Kier alpha value is -3.40. The van der Waals surface area contributed by atoms with Gasteiger partial charge in [-0.25, -0.2) is 9.78 Å². The first-order valence-corrected chi connectivity index (χ1v) is 13.6. The molecule has 4 nitrogen and oxygen atoms in total. The molecule has 0 unspecified atom stereocenters. The monoisotopic (exact) mass is 494 g/mol. The predicted molar refractivity (Wildman–Crippen MR) is 151 cm³/mol. The number of hydrogen-bond acceptors (Lipinski definition) is 3. The van der Waals surface area contributed by atoms with Gasteiger partial charge in [0, 0.05) is 12.5 Å².